The third kappa shape index (κ3) is 4.57. The molecule has 0 heterocycles. The Labute approximate surface area is 139 Å². The normalized spacial score (nSPS) is 17.4. The molecular weight excluding hydrogens is 357 g/mol. The van der Waals surface area contributed by atoms with E-state index in [9.17, 15) is 4.39 Å². The first-order chi connectivity index (χ1) is 9.71. The summed E-state index contributed by atoms with van der Waals surface area (Å²) in [6.45, 7) is 7.32. The molecular formula is C16H22BrClFNO. The Kier molecular flexibility index (Phi) is 5.22. The van der Waals surface area contributed by atoms with Crippen molar-refractivity contribution in [1.29, 1.82) is 0 Å². The summed E-state index contributed by atoms with van der Waals surface area (Å²) in [4.78, 5) is 0. The minimum absolute atomic E-state index is 0.0951. The number of nitrogens with one attached hydrogen (secondary N) is 1. The molecule has 1 fully saturated rings. The molecule has 2 rings (SSSR count). The largest absolute Gasteiger partial charge is 0.486 e. The van der Waals surface area contributed by atoms with E-state index in [1.165, 1.54) is 6.07 Å². The van der Waals surface area contributed by atoms with Gasteiger partial charge in [-0.05, 0) is 75.0 Å². The highest BCUT2D eigenvalue weighted by atomic mass is 79.9. The van der Waals surface area contributed by atoms with Gasteiger partial charge in [0.25, 0.3) is 0 Å². The monoisotopic (exact) mass is 377 g/mol. The molecule has 1 aromatic carbocycles. The Balaban J connectivity index is 2.03. The van der Waals surface area contributed by atoms with Crippen LogP contribution in [0.3, 0.4) is 0 Å². The SMILES string of the molecule is CC(C)(C)NCCC1(Oc2cc(F)c(Cl)cc2Br)CCC1. The van der Waals surface area contributed by atoms with Gasteiger partial charge in [-0.3, -0.25) is 0 Å². The lowest BCUT2D eigenvalue weighted by Gasteiger charge is -2.43. The van der Waals surface area contributed by atoms with Crippen molar-refractivity contribution in [3.63, 3.8) is 0 Å². The number of benzene rings is 1. The molecule has 5 heteroatoms. The summed E-state index contributed by atoms with van der Waals surface area (Å²) < 4.78 is 20.5. The number of ether oxygens (including phenoxy) is 1. The zero-order valence-electron chi connectivity index (χ0n) is 12.7. The van der Waals surface area contributed by atoms with Gasteiger partial charge in [0.15, 0.2) is 0 Å². The van der Waals surface area contributed by atoms with Crippen LogP contribution in [0.15, 0.2) is 16.6 Å². The second kappa shape index (κ2) is 6.43. The van der Waals surface area contributed by atoms with Crippen LogP contribution in [0.1, 0.15) is 46.5 Å². The fraction of sp³-hybridized carbons (Fsp3) is 0.625. The number of halogens is 3. The molecule has 0 unspecified atom stereocenters. The summed E-state index contributed by atoms with van der Waals surface area (Å²) in [6.07, 6.45) is 4.09. The maximum atomic E-state index is 13.6. The molecule has 0 spiro atoms. The number of hydrogen-bond donors (Lipinski definition) is 1. The summed E-state index contributed by atoms with van der Waals surface area (Å²) in [5.74, 6) is 0.0875. The quantitative estimate of drug-likeness (QED) is 0.700. The van der Waals surface area contributed by atoms with Gasteiger partial charge in [0.1, 0.15) is 17.2 Å². The van der Waals surface area contributed by atoms with Crippen molar-refractivity contribution in [2.24, 2.45) is 0 Å². The maximum Gasteiger partial charge on any atom is 0.145 e. The number of rotatable bonds is 5. The van der Waals surface area contributed by atoms with Gasteiger partial charge in [-0.1, -0.05) is 11.6 Å². The predicted octanol–water partition coefficient (Wildman–Crippen LogP) is 5.32. The molecule has 1 aliphatic carbocycles. The second-order valence-electron chi connectivity index (χ2n) is 6.76. The van der Waals surface area contributed by atoms with Gasteiger partial charge >= 0.3 is 0 Å². The van der Waals surface area contributed by atoms with Crippen molar-refractivity contribution in [1.82, 2.24) is 5.32 Å². The van der Waals surface area contributed by atoms with Gasteiger partial charge < -0.3 is 10.1 Å². The van der Waals surface area contributed by atoms with E-state index in [-0.39, 0.29) is 16.2 Å². The van der Waals surface area contributed by atoms with Crippen molar-refractivity contribution in [2.75, 3.05) is 6.54 Å². The van der Waals surface area contributed by atoms with E-state index in [1.54, 1.807) is 6.07 Å². The Morgan fingerprint density at radius 1 is 1.38 bits per heavy atom. The molecule has 0 aromatic heterocycles. The van der Waals surface area contributed by atoms with Gasteiger partial charge in [0.05, 0.1) is 9.50 Å². The van der Waals surface area contributed by atoms with Crippen molar-refractivity contribution in [2.45, 2.75) is 57.6 Å². The molecule has 0 bridgehead atoms. The average Bonchev–Trinajstić information content (AvgIpc) is 2.30. The smallest absolute Gasteiger partial charge is 0.145 e. The summed E-state index contributed by atoms with van der Waals surface area (Å²) in [5, 5.41) is 3.58. The predicted molar refractivity (Wildman–Crippen MR) is 88.7 cm³/mol. The molecule has 1 aromatic rings. The molecule has 1 N–H and O–H groups in total. The lowest BCUT2D eigenvalue weighted by Crippen LogP contribution is -2.47. The third-order valence-electron chi connectivity index (χ3n) is 3.80. The zero-order chi connectivity index (χ0) is 15.7. The molecule has 0 amide bonds. The highest BCUT2D eigenvalue weighted by Crippen LogP contribution is 2.42. The van der Waals surface area contributed by atoms with E-state index < -0.39 is 5.82 Å². The fourth-order valence-electron chi connectivity index (χ4n) is 2.46. The minimum Gasteiger partial charge on any atom is -0.486 e. The van der Waals surface area contributed by atoms with Crippen LogP contribution in [0.25, 0.3) is 0 Å². The fourth-order valence-corrected chi connectivity index (χ4v) is 3.18. The van der Waals surface area contributed by atoms with Crippen LogP contribution in [0, 0.1) is 5.82 Å². The minimum atomic E-state index is -0.447. The van der Waals surface area contributed by atoms with E-state index in [2.05, 4.69) is 42.0 Å². The summed E-state index contributed by atoms with van der Waals surface area (Å²) in [6, 6.07) is 2.91. The molecule has 0 atom stereocenters. The average molecular weight is 379 g/mol. The first kappa shape index (κ1) is 17.0. The lowest BCUT2D eigenvalue weighted by atomic mass is 9.77. The van der Waals surface area contributed by atoms with Gasteiger partial charge in [-0.15, -0.1) is 0 Å². The van der Waals surface area contributed by atoms with Gasteiger partial charge in [0, 0.05) is 11.6 Å². The summed E-state index contributed by atoms with van der Waals surface area (Å²) in [5.41, 5.74) is -0.0844. The number of hydrogen-bond acceptors (Lipinski definition) is 2. The first-order valence-electron chi connectivity index (χ1n) is 7.29. The maximum absolute atomic E-state index is 13.6. The Bertz CT molecular complexity index is 512. The molecule has 1 aliphatic rings. The van der Waals surface area contributed by atoms with Crippen molar-refractivity contribution < 1.29 is 9.13 Å². The molecule has 0 radical (unpaired) electrons. The molecule has 118 valence electrons. The van der Waals surface area contributed by atoms with Crippen LogP contribution in [-0.2, 0) is 0 Å². The van der Waals surface area contributed by atoms with Crippen LogP contribution in [0.5, 0.6) is 5.75 Å². The molecule has 21 heavy (non-hydrogen) atoms. The van der Waals surface area contributed by atoms with Crippen LogP contribution in [0.4, 0.5) is 4.39 Å². The van der Waals surface area contributed by atoms with E-state index in [0.29, 0.717) is 10.2 Å². The van der Waals surface area contributed by atoms with E-state index in [0.717, 1.165) is 32.2 Å². The standard InChI is InChI=1S/C16H22BrClFNO/c1-15(2,3)20-8-7-16(5-4-6-16)21-14-10-13(19)12(18)9-11(14)17/h9-10,20H,4-8H2,1-3H3. The lowest BCUT2D eigenvalue weighted by molar-refractivity contribution is -0.0160. The summed E-state index contributed by atoms with van der Waals surface area (Å²) in [7, 11) is 0. The highest BCUT2D eigenvalue weighted by Gasteiger charge is 2.39. The van der Waals surface area contributed by atoms with Gasteiger partial charge in [-0.2, -0.15) is 0 Å². The molecule has 0 saturated heterocycles. The van der Waals surface area contributed by atoms with Crippen LogP contribution < -0.4 is 10.1 Å². The highest BCUT2D eigenvalue weighted by molar-refractivity contribution is 9.10. The van der Waals surface area contributed by atoms with E-state index in [4.69, 9.17) is 16.3 Å². The van der Waals surface area contributed by atoms with E-state index >= 15 is 0 Å². The van der Waals surface area contributed by atoms with Crippen LogP contribution in [0.2, 0.25) is 5.02 Å². The van der Waals surface area contributed by atoms with Crippen molar-refractivity contribution in [3.05, 3.63) is 27.4 Å². The van der Waals surface area contributed by atoms with E-state index in [1.807, 2.05) is 0 Å². The summed E-state index contributed by atoms with van der Waals surface area (Å²) >= 11 is 9.16. The second-order valence-corrected chi connectivity index (χ2v) is 8.02. The molecule has 0 aliphatic heterocycles. The van der Waals surface area contributed by atoms with Crippen LogP contribution in [-0.4, -0.2) is 17.7 Å². The Morgan fingerprint density at radius 2 is 2.05 bits per heavy atom. The molecule has 1 saturated carbocycles. The topological polar surface area (TPSA) is 21.3 Å². The first-order valence-corrected chi connectivity index (χ1v) is 8.47. The zero-order valence-corrected chi connectivity index (χ0v) is 15.1. The van der Waals surface area contributed by atoms with Crippen LogP contribution >= 0.6 is 27.5 Å². The van der Waals surface area contributed by atoms with Crippen molar-refractivity contribution in [3.8, 4) is 5.75 Å². The van der Waals surface area contributed by atoms with Crippen molar-refractivity contribution >= 4 is 27.5 Å². The molecule has 2 nitrogen and oxygen atoms in total. The van der Waals surface area contributed by atoms with Gasteiger partial charge in [-0.25, -0.2) is 4.39 Å². The third-order valence-corrected chi connectivity index (χ3v) is 4.71. The Hall–Kier alpha value is -0.320. The van der Waals surface area contributed by atoms with Gasteiger partial charge in [0.2, 0.25) is 0 Å². The Morgan fingerprint density at radius 3 is 2.57 bits per heavy atom.